The van der Waals surface area contributed by atoms with Gasteiger partial charge in [-0.3, -0.25) is 4.79 Å². The van der Waals surface area contributed by atoms with E-state index < -0.39 is 6.43 Å². The van der Waals surface area contributed by atoms with Crippen molar-refractivity contribution in [1.29, 1.82) is 0 Å². The average Bonchev–Trinajstić information content (AvgIpc) is 3.01. The van der Waals surface area contributed by atoms with Crippen LogP contribution in [-0.2, 0) is 5.54 Å². The summed E-state index contributed by atoms with van der Waals surface area (Å²) in [6, 6.07) is 0.0678. The van der Waals surface area contributed by atoms with E-state index in [-0.39, 0.29) is 41.7 Å². The first-order chi connectivity index (χ1) is 10.8. The molecule has 0 aromatic carbocycles. The zero-order valence-electron chi connectivity index (χ0n) is 13.7. The number of aromatic nitrogens is 4. The molecule has 0 spiro atoms. The van der Waals surface area contributed by atoms with Crippen molar-refractivity contribution in [1.82, 2.24) is 25.1 Å². The summed E-state index contributed by atoms with van der Waals surface area (Å²) in [6.07, 6.45) is 0.732. The molecule has 23 heavy (non-hydrogen) atoms. The summed E-state index contributed by atoms with van der Waals surface area (Å²) in [5, 5.41) is 12.1. The zero-order valence-corrected chi connectivity index (χ0v) is 13.7. The maximum atomic E-state index is 12.7. The minimum atomic E-state index is -2.27. The second kappa shape index (κ2) is 5.79. The van der Waals surface area contributed by atoms with Gasteiger partial charge in [0.05, 0.1) is 5.54 Å². The summed E-state index contributed by atoms with van der Waals surface area (Å²) in [6.45, 7) is 5.80. The molecule has 8 heteroatoms. The van der Waals surface area contributed by atoms with Crippen molar-refractivity contribution in [2.24, 2.45) is 5.92 Å². The molecule has 128 valence electrons. The minimum Gasteiger partial charge on any atom is -0.330 e. The fraction of sp³-hybridized carbons (Fsp3) is 0.867. The first kappa shape index (κ1) is 16.3. The second-order valence-electron chi connectivity index (χ2n) is 7.63. The van der Waals surface area contributed by atoms with Gasteiger partial charge in [-0.15, -0.1) is 10.2 Å². The van der Waals surface area contributed by atoms with E-state index in [4.69, 9.17) is 0 Å². The average molecular weight is 327 g/mol. The number of halogens is 2. The van der Waals surface area contributed by atoms with Gasteiger partial charge in [-0.1, -0.05) is 0 Å². The van der Waals surface area contributed by atoms with E-state index in [0.29, 0.717) is 12.8 Å². The molecular weight excluding hydrogens is 304 g/mol. The number of carbonyl (C=O) groups excluding carboxylic acids is 1. The van der Waals surface area contributed by atoms with Gasteiger partial charge >= 0.3 is 0 Å². The molecule has 0 aliphatic carbocycles. The van der Waals surface area contributed by atoms with Gasteiger partial charge < -0.3 is 4.90 Å². The lowest BCUT2D eigenvalue weighted by Gasteiger charge is -2.38. The number of amides is 1. The molecule has 3 heterocycles. The maximum Gasteiger partial charge on any atom is 0.295 e. The second-order valence-corrected chi connectivity index (χ2v) is 7.63. The highest BCUT2D eigenvalue weighted by atomic mass is 19.3. The lowest BCUT2D eigenvalue weighted by molar-refractivity contribution is 0.0399. The summed E-state index contributed by atoms with van der Waals surface area (Å²) in [5.41, 5.74) is -0.339. The molecule has 2 bridgehead atoms. The van der Waals surface area contributed by atoms with E-state index >= 15 is 0 Å². The van der Waals surface area contributed by atoms with Gasteiger partial charge in [0.25, 0.3) is 11.7 Å². The van der Waals surface area contributed by atoms with E-state index in [1.54, 1.807) is 0 Å². The molecule has 1 aromatic heterocycles. The van der Waals surface area contributed by atoms with Gasteiger partial charge in [-0.25, -0.2) is 8.78 Å². The number of nitrogens with zero attached hydrogens (tertiary/aromatic N) is 5. The Hall–Kier alpha value is -1.60. The molecule has 2 aliphatic rings. The molecule has 0 radical (unpaired) electrons. The van der Waals surface area contributed by atoms with Crippen LogP contribution < -0.4 is 0 Å². The lowest BCUT2D eigenvalue weighted by Crippen LogP contribution is -2.47. The van der Waals surface area contributed by atoms with Crippen molar-refractivity contribution in [2.75, 3.05) is 0 Å². The van der Waals surface area contributed by atoms with Crippen LogP contribution in [0.2, 0.25) is 0 Å². The van der Waals surface area contributed by atoms with Gasteiger partial charge in [0.15, 0.2) is 0 Å². The van der Waals surface area contributed by atoms with Crippen molar-refractivity contribution < 1.29 is 13.6 Å². The van der Waals surface area contributed by atoms with Gasteiger partial charge in [0, 0.05) is 18.5 Å². The van der Waals surface area contributed by atoms with Gasteiger partial charge in [-0.05, 0) is 57.6 Å². The molecular formula is C15H23F2N5O. The number of piperidine rings is 1. The minimum absolute atomic E-state index is 0.00904. The number of rotatable bonds is 3. The third-order valence-electron chi connectivity index (χ3n) is 4.78. The maximum absolute atomic E-state index is 12.7. The summed E-state index contributed by atoms with van der Waals surface area (Å²) in [7, 11) is 0. The zero-order chi connectivity index (χ0) is 16.8. The van der Waals surface area contributed by atoms with Crippen LogP contribution in [0.4, 0.5) is 8.78 Å². The molecule has 2 saturated heterocycles. The first-order valence-electron chi connectivity index (χ1n) is 8.17. The number of hydrogen-bond acceptors (Lipinski definition) is 4. The Morgan fingerprint density at radius 2 is 1.87 bits per heavy atom. The van der Waals surface area contributed by atoms with Crippen LogP contribution in [0.15, 0.2) is 0 Å². The summed E-state index contributed by atoms with van der Waals surface area (Å²) < 4.78 is 25.2. The monoisotopic (exact) mass is 327 g/mol. The Kier molecular flexibility index (Phi) is 4.10. The van der Waals surface area contributed by atoms with Crippen molar-refractivity contribution in [3.63, 3.8) is 0 Å². The largest absolute Gasteiger partial charge is 0.330 e. The van der Waals surface area contributed by atoms with Gasteiger partial charge in [0.2, 0.25) is 6.43 Å². The Morgan fingerprint density at radius 1 is 1.26 bits per heavy atom. The quantitative estimate of drug-likeness (QED) is 0.855. The summed E-state index contributed by atoms with van der Waals surface area (Å²) in [5.74, 6) is -0.109. The highest BCUT2D eigenvalue weighted by Crippen LogP contribution is 2.41. The van der Waals surface area contributed by atoms with E-state index in [2.05, 4.69) is 15.4 Å². The van der Waals surface area contributed by atoms with Crippen LogP contribution >= 0.6 is 0 Å². The summed E-state index contributed by atoms with van der Waals surface area (Å²) >= 11 is 0. The fourth-order valence-electron chi connectivity index (χ4n) is 3.77. The third kappa shape index (κ3) is 3.21. The molecule has 1 amide bonds. The normalized spacial score (nSPS) is 27.7. The fourth-order valence-corrected chi connectivity index (χ4v) is 3.77. The predicted octanol–water partition coefficient (Wildman–Crippen LogP) is 2.47. The Bertz CT molecular complexity index is 569. The standard InChI is InChI=1S/C15H23F2N5O/c1-15(2,3)22-19-13(18-20-22)14(23)21-10-4-5-11(21)7-9(6-10)8-12(16)17/h9-12H,4-8H2,1-3H3. The van der Waals surface area contributed by atoms with Crippen LogP contribution in [0.5, 0.6) is 0 Å². The predicted molar refractivity (Wildman–Crippen MR) is 79.1 cm³/mol. The molecule has 2 fully saturated rings. The Labute approximate surface area is 134 Å². The molecule has 0 saturated carbocycles. The molecule has 1 aromatic rings. The van der Waals surface area contributed by atoms with Crippen LogP contribution in [0.1, 0.15) is 63.5 Å². The molecule has 0 N–H and O–H groups in total. The van der Waals surface area contributed by atoms with Crippen LogP contribution in [0, 0.1) is 5.92 Å². The van der Waals surface area contributed by atoms with Gasteiger partial charge in [0.1, 0.15) is 0 Å². The Morgan fingerprint density at radius 3 is 2.35 bits per heavy atom. The molecule has 2 atom stereocenters. The van der Waals surface area contributed by atoms with E-state index in [1.807, 2.05) is 25.7 Å². The first-order valence-corrected chi connectivity index (χ1v) is 8.17. The number of hydrogen-bond donors (Lipinski definition) is 0. The topological polar surface area (TPSA) is 63.9 Å². The molecule has 6 nitrogen and oxygen atoms in total. The third-order valence-corrected chi connectivity index (χ3v) is 4.78. The van der Waals surface area contributed by atoms with Gasteiger partial charge in [-0.2, -0.15) is 4.80 Å². The smallest absolute Gasteiger partial charge is 0.295 e. The van der Waals surface area contributed by atoms with Crippen molar-refractivity contribution in [3.05, 3.63) is 5.82 Å². The van der Waals surface area contributed by atoms with Crippen molar-refractivity contribution >= 4 is 5.91 Å². The van der Waals surface area contributed by atoms with Crippen molar-refractivity contribution in [3.8, 4) is 0 Å². The van der Waals surface area contributed by atoms with Crippen molar-refractivity contribution in [2.45, 2.75) is 76.9 Å². The number of alkyl halides is 2. The number of tetrazole rings is 1. The number of fused-ring (bicyclic) bond motifs is 2. The van der Waals surface area contributed by atoms with Crippen LogP contribution in [0.25, 0.3) is 0 Å². The van der Waals surface area contributed by atoms with Crippen LogP contribution in [0.3, 0.4) is 0 Å². The van der Waals surface area contributed by atoms with E-state index in [1.165, 1.54) is 4.80 Å². The highest BCUT2D eigenvalue weighted by molar-refractivity contribution is 5.91. The molecule has 3 rings (SSSR count). The lowest BCUT2D eigenvalue weighted by atomic mass is 9.88. The van der Waals surface area contributed by atoms with E-state index in [0.717, 1.165) is 12.8 Å². The highest BCUT2D eigenvalue weighted by Gasteiger charge is 2.45. The number of carbonyl (C=O) groups is 1. The Balaban J connectivity index is 1.73. The van der Waals surface area contributed by atoms with E-state index in [9.17, 15) is 13.6 Å². The summed E-state index contributed by atoms with van der Waals surface area (Å²) in [4.78, 5) is 16.0. The SMILES string of the molecule is CC(C)(C)n1nnc(C(=O)N2C3CCC2CC(CC(F)F)C3)n1. The molecule has 2 aliphatic heterocycles. The van der Waals surface area contributed by atoms with Crippen LogP contribution in [-0.4, -0.2) is 49.5 Å². The molecule has 2 unspecified atom stereocenters.